The number of carboxylic acid groups (broad SMARTS) is 1. The fourth-order valence-electron chi connectivity index (χ4n) is 3.43. The van der Waals surface area contributed by atoms with E-state index in [0.29, 0.717) is 6.42 Å². The van der Waals surface area contributed by atoms with Crippen LogP contribution in [-0.2, 0) is 24.7 Å². The van der Waals surface area contributed by atoms with Gasteiger partial charge in [0, 0.05) is 24.5 Å². The van der Waals surface area contributed by atoms with Crippen molar-refractivity contribution in [1.29, 1.82) is 0 Å². The third-order valence-corrected chi connectivity index (χ3v) is 4.49. The van der Waals surface area contributed by atoms with Gasteiger partial charge in [-0.25, -0.2) is 0 Å². The smallest absolute Gasteiger partial charge is 0.306 e. The zero-order valence-electron chi connectivity index (χ0n) is 12.1. The Morgan fingerprint density at radius 3 is 2.85 bits per heavy atom. The third-order valence-electron chi connectivity index (χ3n) is 4.49. The maximum Gasteiger partial charge on any atom is 0.306 e. The van der Waals surface area contributed by atoms with E-state index in [4.69, 9.17) is 4.74 Å². The van der Waals surface area contributed by atoms with Crippen molar-refractivity contribution in [2.45, 2.75) is 26.2 Å². The summed E-state index contributed by atoms with van der Waals surface area (Å²) < 4.78 is 7.59. The molecule has 0 saturated heterocycles. The molecule has 0 amide bonds. The summed E-state index contributed by atoms with van der Waals surface area (Å²) in [5, 5.41) is 10.5. The number of carboxylic acids is 1. The van der Waals surface area contributed by atoms with E-state index in [1.165, 1.54) is 16.5 Å². The predicted molar refractivity (Wildman–Crippen MR) is 77.4 cm³/mol. The lowest BCUT2D eigenvalue weighted by atomic mass is 9.86. The summed E-state index contributed by atoms with van der Waals surface area (Å²) in [7, 11) is 3.68. The highest BCUT2D eigenvalue weighted by atomic mass is 16.5. The normalized spacial score (nSPS) is 18.1. The standard InChI is InChI=1S/C16H19NO3/c1-9-4-7-13(20-3)15-14(9)11-6-5-10(16(18)19)8-12(11)17(15)2/h4,7,10H,5-6,8H2,1-3H3,(H,18,19). The van der Waals surface area contributed by atoms with E-state index in [1.54, 1.807) is 7.11 Å². The largest absolute Gasteiger partial charge is 0.495 e. The average molecular weight is 273 g/mol. The van der Waals surface area contributed by atoms with Crippen molar-refractivity contribution in [1.82, 2.24) is 4.57 Å². The minimum atomic E-state index is -0.690. The molecule has 1 N–H and O–H groups in total. The van der Waals surface area contributed by atoms with Crippen LogP contribution in [-0.4, -0.2) is 22.8 Å². The first-order valence-electron chi connectivity index (χ1n) is 6.91. The number of aliphatic carboxylic acids is 1. The van der Waals surface area contributed by atoms with E-state index in [1.807, 2.05) is 13.1 Å². The van der Waals surface area contributed by atoms with Crippen LogP contribution in [0.4, 0.5) is 0 Å². The highest BCUT2D eigenvalue weighted by Gasteiger charge is 2.29. The molecule has 0 radical (unpaired) electrons. The first-order valence-corrected chi connectivity index (χ1v) is 6.91. The van der Waals surface area contributed by atoms with Crippen LogP contribution in [0.5, 0.6) is 5.75 Å². The second kappa shape index (κ2) is 4.54. The average Bonchev–Trinajstić information content (AvgIpc) is 2.74. The molecule has 0 fully saturated rings. The molecular formula is C16H19NO3. The Morgan fingerprint density at radius 2 is 2.20 bits per heavy atom. The van der Waals surface area contributed by atoms with E-state index >= 15 is 0 Å². The Balaban J connectivity index is 2.27. The highest BCUT2D eigenvalue weighted by Crippen LogP contribution is 2.39. The van der Waals surface area contributed by atoms with Gasteiger partial charge in [-0.2, -0.15) is 0 Å². The van der Waals surface area contributed by atoms with Crippen LogP contribution in [0.15, 0.2) is 12.1 Å². The third kappa shape index (κ3) is 1.71. The minimum absolute atomic E-state index is 0.267. The maximum atomic E-state index is 11.2. The van der Waals surface area contributed by atoms with Crippen molar-refractivity contribution in [2.24, 2.45) is 13.0 Å². The molecule has 1 aromatic heterocycles. The molecule has 1 aliphatic carbocycles. The Labute approximate surface area is 118 Å². The van der Waals surface area contributed by atoms with Crippen LogP contribution in [0.3, 0.4) is 0 Å². The first kappa shape index (κ1) is 13.0. The number of fused-ring (bicyclic) bond motifs is 3. The van der Waals surface area contributed by atoms with Gasteiger partial charge in [-0.3, -0.25) is 4.79 Å². The molecule has 0 saturated carbocycles. The van der Waals surface area contributed by atoms with Gasteiger partial charge in [0.25, 0.3) is 0 Å². The molecule has 4 heteroatoms. The molecule has 3 rings (SSSR count). The quantitative estimate of drug-likeness (QED) is 0.915. The molecule has 0 aliphatic heterocycles. The highest BCUT2D eigenvalue weighted by molar-refractivity contribution is 5.93. The lowest BCUT2D eigenvalue weighted by Crippen LogP contribution is -2.23. The van der Waals surface area contributed by atoms with Crippen molar-refractivity contribution in [3.8, 4) is 5.75 Å². The summed E-state index contributed by atoms with van der Waals surface area (Å²) >= 11 is 0. The van der Waals surface area contributed by atoms with Crippen LogP contribution < -0.4 is 4.74 Å². The van der Waals surface area contributed by atoms with E-state index < -0.39 is 5.97 Å². The number of ether oxygens (including phenoxy) is 1. The van der Waals surface area contributed by atoms with Crippen LogP contribution >= 0.6 is 0 Å². The lowest BCUT2D eigenvalue weighted by molar-refractivity contribution is -0.142. The zero-order chi connectivity index (χ0) is 14.4. The van der Waals surface area contributed by atoms with Gasteiger partial charge in [-0.05, 0) is 37.0 Å². The van der Waals surface area contributed by atoms with Crippen LogP contribution in [0.25, 0.3) is 10.9 Å². The summed E-state index contributed by atoms with van der Waals surface area (Å²) in [6.07, 6.45) is 2.16. The van der Waals surface area contributed by atoms with E-state index in [9.17, 15) is 9.90 Å². The molecule has 1 heterocycles. The van der Waals surface area contributed by atoms with Crippen molar-refractivity contribution in [3.05, 3.63) is 29.0 Å². The van der Waals surface area contributed by atoms with Crippen molar-refractivity contribution in [2.75, 3.05) is 7.11 Å². The molecule has 0 bridgehead atoms. The summed E-state index contributed by atoms with van der Waals surface area (Å²) in [5.41, 5.74) is 4.76. The van der Waals surface area contributed by atoms with Gasteiger partial charge in [0.2, 0.25) is 0 Å². The monoisotopic (exact) mass is 273 g/mol. The first-order chi connectivity index (χ1) is 9.54. The molecular weight excluding hydrogens is 254 g/mol. The Bertz CT molecular complexity index is 700. The van der Waals surface area contributed by atoms with Crippen LogP contribution in [0.1, 0.15) is 23.2 Å². The second-order valence-electron chi connectivity index (χ2n) is 5.57. The second-order valence-corrected chi connectivity index (χ2v) is 5.57. The molecule has 1 aliphatic rings. The molecule has 2 aromatic rings. The lowest BCUT2D eigenvalue weighted by Gasteiger charge is -2.20. The van der Waals surface area contributed by atoms with Crippen molar-refractivity contribution >= 4 is 16.9 Å². The fourth-order valence-corrected chi connectivity index (χ4v) is 3.43. The number of benzene rings is 1. The number of aryl methyl sites for hydroxylation is 3. The van der Waals surface area contributed by atoms with Crippen molar-refractivity contribution in [3.63, 3.8) is 0 Å². The van der Waals surface area contributed by atoms with Crippen LogP contribution in [0.2, 0.25) is 0 Å². The SMILES string of the molecule is COc1ccc(C)c2c3c(n(C)c12)CC(C(=O)O)CC3. The molecule has 106 valence electrons. The summed E-state index contributed by atoms with van der Waals surface area (Å²) in [5.74, 6) is -0.101. The molecule has 4 nitrogen and oxygen atoms in total. The van der Waals surface area contributed by atoms with Gasteiger partial charge in [-0.15, -0.1) is 0 Å². The number of aromatic nitrogens is 1. The number of nitrogens with zero attached hydrogens (tertiary/aromatic N) is 1. The van der Waals surface area contributed by atoms with Gasteiger partial charge in [0.05, 0.1) is 18.5 Å². The van der Waals surface area contributed by atoms with Crippen LogP contribution in [0, 0.1) is 12.8 Å². The van der Waals surface area contributed by atoms with E-state index in [2.05, 4.69) is 17.6 Å². The molecule has 1 unspecified atom stereocenters. The van der Waals surface area contributed by atoms with Gasteiger partial charge >= 0.3 is 5.97 Å². The molecule has 0 spiro atoms. The summed E-state index contributed by atoms with van der Waals surface area (Å²) in [6, 6.07) is 4.06. The molecule has 1 aromatic carbocycles. The van der Waals surface area contributed by atoms with Gasteiger partial charge in [0.15, 0.2) is 0 Å². The zero-order valence-corrected chi connectivity index (χ0v) is 12.1. The topological polar surface area (TPSA) is 51.5 Å². The number of carbonyl (C=O) groups is 1. The van der Waals surface area contributed by atoms with Gasteiger partial charge in [0.1, 0.15) is 5.75 Å². The van der Waals surface area contributed by atoms with E-state index in [-0.39, 0.29) is 5.92 Å². The van der Waals surface area contributed by atoms with Gasteiger partial charge in [-0.1, -0.05) is 6.07 Å². The minimum Gasteiger partial charge on any atom is -0.495 e. The summed E-state index contributed by atoms with van der Waals surface area (Å²) in [4.78, 5) is 11.2. The number of hydrogen-bond donors (Lipinski definition) is 1. The summed E-state index contributed by atoms with van der Waals surface area (Å²) in [6.45, 7) is 2.10. The fraction of sp³-hybridized carbons (Fsp3) is 0.438. The number of hydrogen-bond acceptors (Lipinski definition) is 2. The Morgan fingerprint density at radius 1 is 1.45 bits per heavy atom. The molecule has 20 heavy (non-hydrogen) atoms. The maximum absolute atomic E-state index is 11.2. The Kier molecular flexibility index (Phi) is 2.96. The van der Waals surface area contributed by atoms with E-state index in [0.717, 1.165) is 29.8 Å². The Hall–Kier alpha value is -1.97. The number of rotatable bonds is 2. The van der Waals surface area contributed by atoms with Gasteiger partial charge < -0.3 is 14.4 Å². The number of methoxy groups -OCH3 is 1. The predicted octanol–water partition coefficient (Wildman–Crippen LogP) is 2.68. The molecule has 1 atom stereocenters. The van der Waals surface area contributed by atoms with Crippen molar-refractivity contribution < 1.29 is 14.6 Å².